The largest absolute Gasteiger partial charge is 0.369 e. The van der Waals surface area contributed by atoms with Gasteiger partial charge in [-0.15, -0.1) is 0 Å². The number of amides is 1. The number of hydrogen-bond donors (Lipinski definition) is 2. The van der Waals surface area contributed by atoms with Gasteiger partial charge in [-0.05, 0) is 44.8 Å². The predicted octanol–water partition coefficient (Wildman–Crippen LogP) is 1.11. The maximum Gasteiger partial charge on any atom is 0.268 e. The van der Waals surface area contributed by atoms with E-state index >= 15 is 0 Å². The Bertz CT molecular complexity index is 443. The molecule has 0 saturated carbocycles. The van der Waals surface area contributed by atoms with Crippen molar-refractivity contribution in [1.29, 1.82) is 0 Å². The van der Waals surface area contributed by atoms with Crippen LogP contribution in [0.4, 0.5) is 5.82 Å². The summed E-state index contributed by atoms with van der Waals surface area (Å²) in [5, 5.41) is 3.18. The fourth-order valence-corrected chi connectivity index (χ4v) is 2.37. The summed E-state index contributed by atoms with van der Waals surface area (Å²) in [5.74, 6) is 0.924. The first-order valence-corrected chi connectivity index (χ1v) is 7.23. The van der Waals surface area contributed by atoms with E-state index in [0.29, 0.717) is 5.82 Å². The van der Waals surface area contributed by atoms with Gasteiger partial charge in [0.25, 0.3) is 5.91 Å². The van der Waals surface area contributed by atoms with E-state index in [1.54, 1.807) is 6.20 Å². The first kappa shape index (κ1) is 14.7. The highest BCUT2D eigenvalue weighted by Gasteiger charge is 2.14. The summed E-state index contributed by atoms with van der Waals surface area (Å²) in [6.45, 7) is 6.66. The molecule has 1 aliphatic rings. The van der Waals surface area contributed by atoms with Crippen LogP contribution in [0.25, 0.3) is 0 Å². The average Bonchev–Trinajstić information content (AvgIpc) is 2.46. The second-order valence-corrected chi connectivity index (χ2v) is 5.46. The molecule has 2 heterocycles. The zero-order chi connectivity index (χ0) is 14.4. The maximum absolute atomic E-state index is 11.0. The molecule has 2 rings (SSSR count). The van der Waals surface area contributed by atoms with Gasteiger partial charge < -0.3 is 16.0 Å². The van der Waals surface area contributed by atoms with Crippen LogP contribution >= 0.6 is 0 Å². The molecule has 0 unspecified atom stereocenters. The molecule has 0 bridgehead atoms. The van der Waals surface area contributed by atoms with Crippen molar-refractivity contribution in [3.8, 4) is 0 Å². The lowest BCUT2D eigenvalue weighted by Crippen LogP contribution is -2.34. The number of anilines is 1. The number of nitrogens with one attached hydrogen (secondary N) is 1. The Hall–Kier alpha value is -1.69. The van der Waals surface area contributed by atoms with Crippen LogP contribution in [-0.2, 0) is 0 Å². The number of carbonyl (C=O) groups excluding carboxylic acids is 1. The molecule has 1 aromatic heterocycles. The van der Waals surface area contributed by atoms with Crippen molar-refractivity contribution < 1.29 is 4.79 Å². The number of likely N-dealkylation sites (tertiary alicyclic amines) is 1. The zero-order valence-electron chi connectivity index (χ0n) is 12.0. The Morgan fingerprint density at radius 2 is 2.20 bits per heavy atom. The number of piperidine rings is 1. The quantitative estimate of drug-likeness (QED) is 0.761. The number of aromatic nitrogens is 2. The highest BCUT2D eigenvalue weighted by molar-refractivity contribution is 5.90. The average molecular weight is 277 g/mol. The number of hydrogen-bond acceptors (Lipinski definition) is 5. The van der Waals surface area contributed by atoms with E-state index < -0.39 is 5.91 Å². The van der Waals surface area contributed by atoms with Gasteiger partial charge in [0.2, 0.25) is 0 Å². The van der Waals surface area contributed by atoms with E-state index in [-0.39, 0.29) is 5.69 Å². The van der Waals surface area contributed by atoms with Crippen LogP contribution < -0.4 is 11.1 Å². The molecule has 0 spiro atoms. The molecule has 1 aliphatic heterocycles. The van der Waals surface area contributed by atoms with Gasteiger partial charge >= 0.3 is 0 Å². The maximum atomic E-state index is 11.0. The van der Waals surface area contributed by atoms with E-state index in [9.17, 15) is 4.79 Å². The second-order valence-electron chi connectivity index (χ2n) is 5.46. The second kappa shape index (κ2) is 7.19. The van der Waals surface area contributed by atoms with E-state index in [0.717, 1.165) is 25.4 Å². The van der Waals surface area contributed by atoms with Crippen LogP contribution in [0.3, 0.4) is 0 Å². The van der Waals surface area contributed by atoms with Gasteiger partial charge in [0, 0.05) is 6.54 Å². The van der Waals surface area contributed by atoms with Crippen LogP contribution in [-0.4, -0.2) is 47.0 Å². The highest BCUT2D eigenvalue weighted by Crippen LogP contribution is 2.15. The van der Waals surface area contributed by atoms with Gasteiger partial charge in [-0.25, -0.2) is 4.98 Å². The summed E-state index contributed by atoms with van der Waals surface area (Å²) >= 11 is 0. The molecule has 0 aliphatic carbocycles. The summed E-state index contributed by atoms with van der Waals surface area (Å²) < 4.78 is 0. The van der Waals surface area contributed by atoms with E-state index in [4.69, 9.17) is 5.73 Å². The standard InChI is InChI=1S/C14H23N5O/c1-11-3-7-19(8-4-11)6-2-5-17-13-10-16-9-12(18-13)14(15)20/h9-11H,2-8H2,1H3,(H2,15,20)(H,17,18). The molecule has 3 N–H and O–H groups in total. The van der Waals surface area contributed by atoms with Crippen LogP contribution in [0.2, 0.25) is 0 Å². The Kier molecular flexibility index (Phi) is 5.29. The lowest BCUT2D eigenvalue weighted by Gasteiger charge is -2.30. The van der Waals surface area contributed by atoms with Gasteiger partial charge in [-0.1, -0.05) is 6.92 Å². The first-order valence-electron chi connectivity index (χ1n) is 7.23. The van der Waals surface area contributed by atoms with Crippen molar-refractivity contribution in [2.75, 3.05) is 31.5 Å². The van der Waals surface area contributed by atoms with Crippen molar-refractivity contribution in [3.05, 3.63) is 18.1 Å². The molecule has 0 aromatic carbocycles. The monoisotopic (exact) mass is 277 g/mol. The molecule has 0 atom stereocenters. The molecule has 6 heteroatoms. The molecule has 110 valence electrons. The summed E-state index contributed by atoms with van der Waals surface area (Å²) in [6, 6.07) is 0. The van der Waals surface area contributed by atoms with Crippen LogP contribution in [0.15, 0.2) is 12.4 Å². The molecule has 1 saturated heterocycles. The molecule has 1 aromatic rings. The first-order chi connectivity index (χ1) is 9.65. The van der Waals surface area contributed by atoms with Gasteiger partial charge in [0.05, 0.1) is 12.4 Å². The number of nitrogens with zero attached hydrogens (tertiary/aromatic N) is 3. The minimum absolute atomic E-state index is 0.194. The van der Waals surface area contributed by atoms with E-state index in [1.165, 1.54) is 32.1 Å². The van der Waals surface area contributed by atoms with E-state index in [1.807, 2.05) is 0 Å². The van der Waals surface area contributed by atoms with Crippen molar-refractivity contribution >= 4 is 11.7 Å². The Morgan fingerprint density at radius 1 is 1.45 bits per heavy atom. The SMILES string of the molecule is CC1CCN(CCCNc2cncc(C(N)=O)n2)CC1. The number of carbonyl (C=O) groups is 1. The number of primary amides is 1. The summed E-state index contributed by atoms with van der Waals surface area (Å²) in [6.07, 6.45) is 6.65. The normalized spacial score (nSPS) is 17.1. The third-order valence-electron chi connectivity index (χ3n) is 3.72. The third-order valence-corrected chi connectivity index (χ3v) is 3.72. The van der Waals surface area contributed by atoms with Crippen LogP contribution in [0, 0.1) is 5.92 Å². The summed E-state index contributed by atoms with van der Waals surface area (Å²) in [4.78, 5) is 21.6. The minimum Gasteiger partial charge on any atom is -0.369 e. The molecule has 6 nitrogen and oxygen atoms in total. The fraction of sp³-hybridized carbons (Fsp3) is 0.643. The molecule has 1 amide bonds. The Morgan fingerprint density at radius 3 is 2.90 bits per heavy atom. The van der Waals surface area contributed by atoms with Crippen molar-refractivity contribution in [3.63, 3.8) is 0 Å². The molecular weight excluding hydrogens is 254 g/mol. The molecular formula is C14H23N5O. The highest BCUT2D eigenvalue weighted by atomic mass is 16.1. The van der Waals surface area contributed by atoms with Crippen molar-refractivity contribution in [1.82, 2.24) is 14.9 Å². The molecule has 0 radical (unpaired) electrons. The molecule has 20 heavy (non-hydrogen) atoms. The van der Waals surface area contributed by atoms with Crippen molar-refractivity contribution in [2.24, 2.45) is 11.7 Å². The van der Waals surface area contributed by atoms with E-state index in [2.05, 4.69) is 27.1 Å². The smallest absolute Gasteiger partial charge is 0.268 e. The fourth-order valence-electron chi connectivity index (χ4n) is 2.37. The predicted molar refractivity (Wildman–Crippen MR) is 78.5 cm³/mol. The Labute approximate surface area is 119 Å². The summed E-state index contributed by atoms with van der Waals surface area (Å²) in [5.41, 5.74) is 5.36. The summed E-state index contributed by atoms with van der Waals surface area (Å²) in [7, 11) is 0. The van der Waals surface area contributed by atoms with Gasteiger partial charge in [0.15, 0.2) is 0 Å². The number of rotatable bonds is 6. The van der Waals surface area contributed by atoms with Crippen LogP contribution in [0.5, 0.6) is 0 Å². The Balaban J connectivity index is 1.68. The lowest BCUT2D eigenvalue weighted by molar-refractivity contribution is 0.0995. The van der Waals surface area contributed by atoms with Crippen molar-refractivity contribution in [2.45, 2.75) is 26.2 Å². The minimum atomic E-state index is -0.552. The van der Waals surface area contributed by atoms with Gasteiger partial charge in [-0.3, -0.25) is 9.78 Å². The number of nitrogens with two attached hydrogens (primary N) is 1. The van der Waals surface area contributed by atoms with Gasteiger partial charge in [-0.2, -0.15) is 0 Å². The topological polar surface area (TPSA) is 84.1 Å². The van der Waals surface area contributed by atoms with Gasteiger partial charge in [0.1, 0.15) is 11.5 Å². The lowest BCUT2D eigenvalue weighted by atomic mass is 9.99. The molecule has 1 fully saturated rings. The van der Waals surface area contributed by atoms with Crippen LogP contribution in [0.1, 0.15) is 36.7 Å². The zero-order valence-corrected chi connectivity index (χ0v) is 12.0. The third kappa shape index (κ3) is 4.45.